The van der Waals surface area contributed by atoms with Gasteiger partial charge in [-0.05, 0) is 54.2 Å². The number of halogens is 1. The summed E-state index contributed by atoms with van der Waals surface area (Å²) in [5.41, 5.74) is 3.58. The van der Waals surface area contributed by atoms with Gasteiger partial charge in [0.05, 0.1) is 0 Å². The molecule has 0 unspecified atom stereocenters. The van der Waals surface area contributed by atoms with Crippen molar-refractivity contribution in [2.45, 2.75) is 31.3 Å². The molecule has 0 radical (unpaired) electrons. The van der Waals surface area contributed by atoms with E-state index >= 15 is 0 Å². The van der Waals surface area contributed by atoms with E-state index in [2.05, 4.69) is 35.4 Å². The van der Waals surface area contributed by atoms with Crippen molar-refractivity contribution >= 4 is 28.4 Å². The maximum atomic E-state index is 12.9. The molecule has 1 N–H and O–H groups in total. The monoisotopic (exact) mass is 380 g/mol. The lowest BCUT2D eigenvalue weighted by Gasteiger charge is -2.33. The second-order valence-electron chi connectivity index (χ2n) is 7.45. The van der Waals surface area contributed by atoms with Gasteiger partial charge in [0.25, 0.3) is 5.91 Å². The van der Waals surface area contributed by atoms with Crippen molar-refractivity contribution in [2.75, 3.05) is 13.1 Å². The molecule has 1 amide bonds. The number of nitrogens with one attached hydrogen (secondary N) is 1. The predicted octanol–water partition coefficient (Wildman–Crippen LogP) is 4.53. The first-order valence-electron chi connectivity index (χ1n) is 9.49. The third-order valence-electron chi connectivity index (χ3n) is 5.84. The van der Waals surface area contributed by atoms with Crippen LogP contribution in [0.2, 0.25) is 5.02 Å². The van der Waals surface area contributed by atoms with Crippen LogP contribution in [0.3, 0.4) is 0 Å². The SMILES string of the molecule is O=C([C@H]1Cc2cc(Cl)ccc2O1)N1CCC(c2c[nH]c3ccccc23)CC1. The van der Waals surface area contributed by atoms with Crippen LogP contribution in [0, 0.1) is 0 Å². The second-order valence-corrected chi connectivity index (χ2v) is 7.89. The van der Waals surface area contributed by atoms with E-state index in [0.717, 1.165) is 37.2 Å². The molecule has 0 saturated carbocycles. The van der Waals surface area contributed by atoms with E-state index in [0.29, 0.717) is 17.4 Å². The predicted molar refractivity (Wildman–Crippen MR) is 106 cm³/mol. The van der Waals surface area contributed by atoms with Crippen LogP contribution in [0.5, 0.6) is 5.75 Å². The maximum absolute atomic E-state index is 12.9. The highest BCUT2D eigenvalue weighted by Crippen LogP contribution is 2.35. The second kappa shape index (κ2) is 6.61. The number of aromatic nitrogens is 1. The molecule has 5 heteroatoms. The first-order valence-corrected chi connectivity index (χ1v) is 9.87. The quantitative estimate of drug-likeness (QED) is 0.709. The molecule has 3 aromatic rings. The Morgan fingerprint density at radius 1 is 1.15 bits per heavy atom. The third-order valence-corrected chi connectivity index (χ3v) is 6.08. The summed E-state index contributed by atoms with van der Waals surface area (Å²) in [4.78, 5) is 18.3. The number of likely N-dealkylation sites (tertiary alicyclic amines) is 1. The van der Waals surface area contributed by atoms with Crippen LogP contribution in [0.15, 0.2) is 48.7 Å². The Morgan fingerprint density at radius 2 is 1.96 bits per heavy atom. The van der Waals surface area contributed by atoms with Crippen LogP contribution in [0.4, 0.5) is 0 Å². The van der Waals surface area contributed by atoms with Gasteiger partial charge >= 0.3 is 0 Å². The molecule has 1 atom stereocenters. The highest BCUT2D eigenvalue weighted by atomic mass is 35.5. The Bertz CT molecular complexity index is 1000. The number of benzene rings is 2. The van der Waals surface area contributed by atoms with E-state index in [1.54, 1.807) is 6.07 Å². The number of carbonyl (C=O) groups excluding carboxylic acids is 1. The summed E-state index contributed by atoms with van der Waals surface area (Å²) in [6.45, 7) is 1.56. The zero-order valence-electron chi connectivity index (χ0n) is 15.0. The van der Waals surface area contributed by atoms with E-state index < -0.39 is 6.10 Å². The molecule has 1 saturated heterocycles. The Kier molecular flexibility index (Phi) is 4.09. The number of piperidine rings is 1. The molecule has 0 bridgehead atoms. The van der Waals surface area contributed by atoms with E-state index in [1.165, 1.54) is 16.5 Å². The summed E-state index contributed by atoms with van der Waals surface area (Å²) in [7, 11) is 0. The molecule has 4 nitrogen and oxygen atoms in total. The molecule has 2 aromatic carbocycles. The minimum atomic E-state index is -0.414. The molecule has 1 fully saturated rings. The normalized spacial score (nSPS) is 19.9. The fraction of sp³-hybridized carbons (Fsp3) is 0.318. The minimum absolute atomic E-state index is 0.0969. The van der Waals surface area contributed by atoms with Crippen molar-refractivity contribution in [3.8, 4) is 5.75 Å². The van der Waals surface area contributed by atoms with Crippen LogP contribution >= 0.6 is 11.6 Å². The lowest BCUT2D eigenvalue weighted by atomic mass is 9.89. The number of carbonyl (C=O) groups is 1. The standard InChI is InChI=1S/C22H21ClN2O2/c23-16-5-6-20-15(11-16)12-21(27-20)22(26)25-9-7-14(8-10-25)18-13-24-19-4-2-1-3-17(18)19/h1-6,11,13-14,21,24H,7-10,12H2/t21-/m1/s1. The van der Waals surface area contributed by atoms with Crippen molar-refractivity contribution in [3.05, 3.63) is 64.8 Å². The fourth-order valence-electron chi connectivity index (χ4n) is 4.40. The van der Waals surface area contributed by atoms with Crippen molar-refractivity contribution in [1.82, 2.24) is 9.88 Å². The Morgan fingerprint density at radius 3 is 2.81 bits per heavy atom. The number of hydrogen-bond donors (Lipinski definition) is 1. The number of H-pyrrole nitrogens is 1. The Labute approximate surface area is 163 Å². The van der Waals surface area contributed by atoms with Gasteiger partial charge in [-0.15, -0.1) is 0 Å². The summed E-state index contributed by atoms with van der Waals surface area (Å²) >= 11 is 6.05. The van der Waals surface area contributed by atoms with Gasteiger partial charge in [-0.25, -0.2) is 0 Å². The average Bonchev–Trinajstić information content (AvgIpc) is 3.31. The molecule has 5 rings (SSSR count). The first-order chi connectivity index (χ1) is 13.2. The molecule has 27 heavy (non-hydrogen) atoms. The molecule has 0 spiro atoms. The molecular weight excluding hydrogens is 360 g/mol. The summed E-state index contributed by atoms with van der Waals surface area (Å²) in [6, 6.07) is 14.0. The highest BCUT2D eigenvalue weighted by Gasteiger charge is 2.34. The molecule has 2 aliphatic rings. The van der Waals surface area contributed by atoms with Gasteiger partial charge in [0, 0.05) is 41.6 Å². The van der Waals surface area contributed by atoms with Crippen molar-refractivity contribution in [2.24, 2.45) is 0 Å². The number of hydrogen-bond acceptors (Lipinski definition) is 2. The average molecular weight is 381 g/mol. The summed E-state index contributed by atoms with van der Waals surface area (Å²) in [6.07, 6.45) is 4.30. The van der Waals surface area contributed by atoms with Gasteiger partial charge in [-0.3, -0.25) is 4.79 Å². The van der Waals surface area contributed by atoms with Crippen molar-refractivity contribution in [3.63, 3.8) is 0 Å². The van der Waals surface area contributed by atoms with Gasteiger partial charge in [0.2, 0.25) is 0 Å². The molecule has 2 aliphatic heterocycles. The summed E-state index contributed by atoms with van der Waals surface area (Å²) in [5, 5.41) is 1.98. The Balaban J connectivity index is 1.25. The van der Waals surface area contributed by atoms with Crippen LogP contribution in [0.25, 0.3) is 10.9 Å². The van der Waals surface area contributed by atoms with Crippen LogP contribution < -0.4 is 4.74 Å². The van der Waals surface area contributed by atoms with Gasteiger partial charge in [-0.2, -0.15) is 0 Å². The van der Waals surface area contributed by atoms with E-state index in [-0.39, 0.29) is 5.91 Å². The fourth-order valence-corrected chi connectivity index (χ4v) is 4.60. The van der Waals surface area contributed by atoms with Crippen LogP contribution in [0.1, 0.15) is 29.9 Å². The molecule has 0 aliphatic carbocycles. The van der Waals surface area contributed by atoms with Crippen molar-refractivity contribution < 1.29 is 9.53 Å². The first kappa shape index (κ1) is 16.7. The molecular formula is C22H21ClN2O2. The molecule has 3 heterocycles. The van der Waals surface area contributed by atoms with E-state index in [4.69, 9.17) is 16.3 Å². The Hall–Kier alpha value is -2.46. The third kappa shape index (κ3) is 2.98. The van der Waals surface area contributed by atoms with Crippen LogP contribution in [-0.2, 0) is 11.2 Å². The molecule has 1 aromatic heterocycles. The smallest absolute Gasteiger partial charge is 0.263 e. The highest BCUT2D eigenvalue weighted by molar-refractivity contribution is 6.30. The van der Waals surface area contributed by atoms with Gasteiger partial charge in [0.1, 0.15) is 5.75 Å². The number of ether oxygens (including phenoxy) is 1. The number of aromatic amines is 1. The van der Waals surface area contributed by atoms with Gasteiger partial charge in [0.15, 0.2) is 6.10 Å². The summed E-state index contributed by atoms with van der Waals surface area (Å²) < 4.78 is 5.88. The largest absolute Gasteiger partial charge is 0.480 e. The van der Waals surface area contributed by atoms with Gasteiger partial charge in [-0.1, -0.05) is 29.8 Å². The lowest BCUT2D eigenvalue weighted by molar-refractivity contribution is -0.139. The zero-order valence-corrected chi connectivity index (χ0v) is 15.7. The number of fused-ring (bicyclic) bond motifs is 2. The van der Waals surface area contributed by atoms with Crippen LogP contribution in [-0.4, -0.2) is 35.0 Å². The number of amides is 1. The zero-order chi connectivity index (χ0) is 18.4. The summed E-state index contributed by atoms with van der Waals surface area (Å²) in [5.74, 6) is 1.37. The van der Waals surface area contributed by atoms with E-state index in [1.807, 2.05) is 17.0 Å². The number of para-hydroxylation sites is 1. The lowest BCUT2D eigenvalue weighted by Crippen LogP contribution is -2.45. The maximum Gasteiger partial charge on any atom is 0.263 e. The van der Waals surface area contributed by atoms with Crippen molar-refractivity contribution in [1.29, 1.82) is 0 Å². The van der Waals surface area contributed by atoms with E-state index in [9.17, 15) is 4.79 Å². The number of nitrogens with zero attached hydrogens (tertiary/aromatic N) is 1. The molecule has 138 valence electrons. The van der Waals surface area contributed by atoms with Gasteiger partial charge < -0.3 is 14.6 Å². The minimum Gasteiger partial charge on any atom is -0.480 e. The topological polar surface area (TPSA) is 45.3 Å². The number of rotatable bonds is 2.